The molecule has 34 heavy (non-hydrogen) atoms. The lowest BCUT2D eigenvalue weighted by Crippen LogP contribution is -2.16. The van der Waals surface area contributed by atoms with Gasteiger partial charge in [-0.3, -0.25) is 9.36 Å². The van der Waals surface area contributed by atoms with Crippen molar-refractivity contribution >= 4 is 40.0 Å². The van der Waals surface area contributed by atoms with Crippen molar-refractivity contribution in [2.24, 2.45) is 0 Å². The number of hydrogen-bond acceptors (Lipinski definition) is 8. The van der Waals surface area contributed by atoms with Crippen LogP contribution in [0, 0.1) is 0 Å². The van der Waals surface area contributed by atoms with Gasteiger partial charge in [-0.1, -0.05) is 30.0 Å². The average molecular weight is 499 g/mol. The Labute approximate surface area is 206 Å². The quantitative estimate of drug-likeness (QED) is 0.248. The van der Waals surface area contributed by atoms with Crippen LogP contribution in [-0.4, -0.2) is 46.1 Å². The molecule has 10 heteroatoms. The maximum absolute atomic E-state index is 12.8. The highest BCUT2D eigenvalue weighted by atomic mass is 32.2. The van der Waals surface area contributed by atoms with Crippen molar-refractivity contribution in [3.63, 3.8) is 0 Å². The summed E-state index contributed by atoms with van der Waals surface area (Å²) >= 11 is 2.74. The van der Waals surface area contributed by atoms with Crippen LogP contribution in [0.2, 0.25) is 0 Å². The number of carbonyl (C=O) groups is 2. The monoisotopic (exact) mass is 498 g/mol. The van der Waals surface area contributed by atoms with Gasteiger partial charge in [0.25, 0.3) is 0 Å². The molecule has 1 aromatic carbocycles. The molecule has 0 spiro atoms. The first-order valence-corrected chi connectivity index (χ1v) is 12.8. The van der Waals surface area contributed by atoms with E-state index < -0.39 is 5.97 Å². The first-order chi connectivity index (χ1) is 16.6. The number of nitrogens with zero attached hydrogens (tertiary/aromatic N) is 3. The maximum Gasteiger partial charge on any atom is 0.341 e. The number of nitrogens with one attached hydrogen (secondary N) is 1. The maximum atomic E-state index is 12.8. The second kappa shape index (κ2) is 10.9. The number of aromatic nitrogens is 3. The molecule has 1 amide bonds. The molecule has 0 fully saturated rings. The molecule has 0 saturated carbocycles. The number of thioether (sulfide) groups is 1. The first-order valence-electron chi connectivity index (χ1n) is 11.0. The minimum atomic E-state index is -0.411. The number of fused-ring (bicyclic) bond motifs is 1. The van der Waals surface area contributed by atoms with Gasteiger partial charge in [-0.05, 0) is 43.9 Å². The molecule has 0 bridgehead atoms. The van der Waals surface area contributed by atoms with Crippen LogP contribution >= 0.6 is 23.1 Å². The number of thiophene rings is 1. The highest BCUT2D eigenvalue weighted by molar-refractivity contribution is 7.99. The van der Waals surface area contributed by atoms with Gasteiger partial charge in [-0.2, -0.15) is 0 Å². The van der Waals surface area contributed by atoms with Gasteiger partial charge in [0.1, 0.15) is 10.8 Å². The molecule has 0 aliphatic heterocycles. The molecule has 1 aliphatic carbocycles. The van der Waals surface area contributed by atoms with Crippen molar-refractivity contribution in [2.45, 2.75) is 37.9 Å². The van der Waals surface area contributed by atoms with Crippen molar-refractivity contribution in [3.8, 4) is 17.1 Å². The van der Waals surface area contributed by atoms with E-state index in [2.05, 4.69) is 22.1 Å². The fourth-order valence-electron chi connectivity index (χ4n) is 3.92. The third-order valence-corrected chi connectivity index (χ3v) is 7.53. The second-order valence-electron chi connectivity index (χ2n) is 7.52. The highest BCUT2D eigenvalue weighted by Crippen LogP contribution is 2.39. The van der Waals surface area contributed by atoms with Gasteiger partial charge in [0.2, 0.25) is 5.91 Å². The average Bonchev–Trinajstić information content (AvgIpc) is 3.53. The van der Waals surface area contributed by atoms with Crippen LogP contribution in [-0.2, 0) is 28.9 Å². The van der Waals surface area contributed by atoms with Crippen LogP contribution in [0.5, 0.6) is 5.75 Å². The number of aryl methyl sites for hydroxylation is 1. The Morgan fingerprint density at radius 3 is 2.88 bits per heavy atom. The Bertz CT molecular complexity index is 1220. The van der Waals surface area contributed by atoms with Crippen molar-refractivity contribution < 1.29 is 19.1 Å². The minimum Gasteiger partial charge on any atom is -0.493 e. The standard InChI is InChI=1S/C24H26N4O4S2/c1-4-13-28-21(15-9-6-7-11-17(15)32-5-2)26-27-24(28)33-14-19(29)25-22-20(23(30)31-3)16-10-8-12-18(16)34-22/h4,6-7,9,11H,1,5,8,10,12-14H2,2-3H3,(H,25,29). The summed E-state index contributed by atoms with van der Waals surface area (Å²) in [7, 11) is 1.36. The molecule has 0 atom stereocenters. The molecule has 3 aromatic rings. The second-order valence-corrected chi connectivity index (χ2v) is 9.57. The van der Waals surface area contributed by atoms with Gasteiger partial charge in [0.15, 0.2) is 11.0 Å². The largest absolute Gasteiger partial charge is 0.493 e. The summed E-state index contributed by atoms with van der Waals surface area (Å²) in [6.07, 6.45) is 4.53. The van der Waals surface area contributed by atoms with Gasteiger partial charge in [0.05, 0.1) is 30.6 Å². The molecule has 2 heterocycles. The minimum absolute atomic E-state index is 0.117. The summed E-state index contributed by atoms with van der Waals surface area (Å²) < 4.78 is 12.6. The molecule has 8 nitrogen and oxygen atoms in total. The zero-order chi connectivity index (χ0) is 24.1. The Kier molecular flexibility index (Phi) is 7.69. The Morgan fingerprint density at radius 2 is 2.12 bits per heavy atom. The van der Waals surface area contributed by atoms with Crippen LogP contribution in [0.25, 0.3) is 11.4 Å². The third-order valence-electron chi connectivity index (χ3n) is 5.35. The van der Waals surface area contributed by atoms with E-state index in [1.54, 1.807) is 6.08 Å². The molecule has 1 aliphatic rings. The van der Waals surface area contributed by atoms with Crippen molar-refractivity contribution in [2.75, 3.05) is 24.8 Å². The lowest BCUT2D eigenvalue weighted by atomic mass is 10.1. The number of esters is 1. The fraction of sp³-hybridized carbons (Fsp3) is 0.333. The Morgan fingerprint density at radius 1 is 1.29 bits per heavy atom. The van der Waals surface area contributed by atoms with E-state index in [1.165, 1.54) is 30.2 Å². The summed E-state index contributed by atoms with van der Waals surface area (Å²) in [5.74, 6) is 0.851. The van der Waals surface area contributed by atoms with Crippen LogP contribution in [0.15, 0.2) is 42.1 Å². The number of anilines is 1. The van der Waals surface area contributed by atoms with Crippen LogP contribution in [0.3, 0.4) is 0 Å². The molecular formula is C24H26N4O4S2. The summed E-state index contributed by atoms with van der Waals surface area (Å²) in [6.45, 7) is 6.79. The molecule has 2 aromatic heterocycles. The smallest absolute Gasteiger partial charge is 0.341 e. The number of hydrogen-bond donors (Lipinski definition) is 1. The van der Waals surface area contributed by atoms with Crippen LogP contribution in [0.4, 0.5) is 5.00 Å². The number of para-hydroxylation sites is 1. The van der Waals surface area contributed by atoms with Gasteiger partial charge >= 0.3 is 5.97 Å². The molecular weight excluding hydrogens is 472 g/mol. The predicted molar refractivity (Wildman–Crippen MR) is 134 cm³/mol. The Balaban J connectivity index is 1.51. The lowest BCUT2D eigenvalue weighted by Gasteiger charge is -2.11. The molecule has 0 radical (unpaired) electrons. The Hall–Kier alpha value is -3.11. The number of ether oxygens (including phenoxy) is 2. The van der Waals surface area contributed by atoms with E-state index in [1.807, 2.05) is 35.8 Å². The first kappa shape index (κ1) is 24.0. The fourth-order valence-corrected chi connectivity index (χ4v) is 5.97. The number of allylic oxidation sites excluding steroid dienone is 1. The van der Waals surface area contributed by atoms with Crippen LogP contribution in [0.1, 0.15) is 34.1 Å². The van der Waals surface area contributed by atoms with E-state index in [-0.39, 0.29) is 11.7 Å². The van der Waals surface area contributed by atoms with Crippen molar-refractivity contribution in [1.29, 1.82) is 0 Å². The summed E-state index contributed by atoms with van der Waals surface area (Å²) in [6, 6.07) is 7.65. The number of rotatable bonds is 10. The zero-order valence-corrected chi connectivity index (χ0v) is 20.8. The zero-order valence-electron chi connectivity index (χ0n) is 19.1. The van der Waals surface area contributed by atoms with E-state index in [0.29, 0.717) is 34.7 Å². The summed E-state index contributed by atoms with van der Waals surface area (Å²) in [4.78, 5) is 26.3. The third kappa shape index (κ3) is 4.88. The van der Waals surface area contributed by atoms with E-state index >= 15 is 0 Å². The number of benzene rings is 1. The molecule has 0 saturated heterocycles. The van der Waals surface area contributed by atoms with E-state index in [9.17, 15) is 9.59 Å². The van der Waals surface area contributed by atoms with Crippen molar-refractivity contribution in [1.82, 2.24) is 14.8 Å². The number of methoxy groups -OCH3 is 1. The van der Waals surface area contributed by atoms with E-state index in [4.69, 9.17) is 9.47 Å². The topological polar surface area (TPSA) is 95.3 Å². The van der Waals surface area contributed by atoms with E-state index in [0.717, 1.165) is 41.0 Å². The summed E-state index contributed by atoms with van der Waals surface area (Å²) in [5, 5.41) is 12.7. The number of carbonyl (C=O) groups excluding carboxylic acids is 2. The van der Waals surface area contributed by atoms with Gasteiger partial charge < -0.3 is 14.8 Å². The van der Waals surface area contributed by atoms with Gasteiger partial charge in [0, 0.05) is 11.4 Å². The molecule has 4 rings (SSSR count). The summed E-state index contributed by atoms with van der Waals surface area (Å²) in [5.41, 5.74) is 2.32. The SMILES string of the molecule is C=CCn1c(SCC(=O)Nc2sc3c(c2C(=O)OC)CCC3)nnc1-c1ccccc1OCC. The normalized spacial score (nSPS) is 12.3. The van der Waals surface area contributed by atoms with Crippen LogP contribution < -0.4 is 10.1 Å². The lowest BCUT2D eigenvalue weighted by molar-refractivity contribution is -0.113. The predicted octanol–water partition coefficient (Wildman–Crippen LogP) is 4.60. The molecule has 0 unspecified atom stereocenters. The molecule has 178 valence electrons. The van der Waals surface area contributed by atoms with Gasteiger partial charge in [-0.15, -0.1) is 28.1 Å². The van der Waals surface area contributed by atoms with Crippen molar-refractivity contribution in [3.05, 3.63) is 52.9 Å². The highest BCUT2D eigenvalue weighted by Gasteiger charge is 2.28. The molecule has 1 N–H and O–H groups in total. The van der Waals surface area contributed by atoms with Gasteiger partial charge in [-0.25, -0.2) is 4.79 Å². The number of amides is 1.